The summed E-state index contributed by atoms with van der Waals surface area (Å²) in [4.78, 5) is 13.3. The van der Waals surface area contributed by atoms with Crippen molar-refractivity contribution in [3.8, 4) is 0 Å². The number of hydrogen-bond donors (Lipinski definition) is 1. The number of benzene rings is 1. The third-order valence-corrected chi connectivity index (χ3v) is 2.73. The molecule has 0 fully saturated rings. The molecule has 0 saturated heterocycles. The van der Waals surface area contributed by atoms with E-state index in [1.807, 2.05) is 31.2 Å². The molecule has 1 aromatic carbocycles. The van der Waals surface area contributed by atoms with Crippen molar-refractivity contribution >= 4 is 22.0 Å². The van der Waals surface area contributed by atoms with Crippen LogP contribution in [0.2, 0.25) is 0 Å². The van der Waals surface area contributed by atoms with Crippen LogP contribution in [0.3, 0.4) is 0 Å². The third kappa shape index (κ3) is 4.23. The molecule has 16 heavy (non-hydrogen) atoms. The number of carbonyl (C=O) groups is 1. The van der Waals surface area contributed by atoms with E-state index in [0.29, 0.717) is 6.54 Å². The number of urea groups is 1. The molecule has 2 amide bonds. The van der Waals surface area contributed by atoms with Crippen LogP contribution in [0.5, 0.6) is 0 Å². The molecule has 0 aliphatic heterocycles. The van der Waals surface area contributed by atoms with Gasteiger partial charge >= 0.3 is 6.03 Å². The van der Waals surface area contributed by atoms with Crippen LogP contribution in [0.4, 0.5) is 4.79 Å². The summed E-state index contributed by atoms with van der Waals surface area (Å²) in [6.07, 6.45) is 0.956. The maximum Gasteiger partial charge on any atom is 0.317 e. The van der Waals surface area contributed by atoms with Crippen LogP contribution in [0.25, 0.3) is 0 Å². The SMILES string of the molecule is CCCNC(=O)N(C)Cc1ccc(Br)cc1. The molecule has 0 aromatic heterocycles. The van der Waals surface area contributed by atoms with Gasteiger partial charge in [0, 0.05) is 24.6 Å². The molecule has 0 heterocycles. The van der Waals surface area contributed by atoms with Crippen molar-refractivity contribution in [3.63, 3.8) is 0 Å². The van der Waals surface area contributed by atoms with Gasteiger partial charge in [0.15, 0.2) is 0 Å². The number of carbonyl (C=O) groups excluding carboxylic acids is 1. The fourth-order valence-corrected chi connectivity index (χ4v) is 1.57. The Morgan fingerprint density at radius 2 is 2.00 bits per heavy atom. The van der Waals surface area contributed by atoms with Gasteiger partial charge in [0.05, 0.1) is 0 Å². The highest BCUT2D eigenvalue weighted by Crippen LogP contribution is 2.11. The van der Waals surface area contributed by atoms with Gasteiger partial charge < -0.3 is 10.2 Å². The summed E-state index contributed by atoms with van der Waals surface area (Å²) in [7, 11) is 1.80. The lowest BCUT2D eigenvalue weighted by atomic mass is 10.2. The predicted octanol–water partition coefficient (Wildman–Crippen LogP) is 3.00. The Labute approximate surface area is 105 Å². The van der Waals surface area contributed by atoms with Crippen molar-refractivity contribution in [3.05, 3.63) is 34.3 Å². The lowest BCUT2D eigenvalue weighted by molar-refractivity contribution is 0.207. The van der Waals surface area contributed by atoms with Gasteiger partial charge in [-0.1, -0.05) is 35.0 Å². The molecule has 0 radical (unpaired) electrons. The summed E-state index contributed by atoms with van der Waals surface area (Å²) in [5.74, 6) is 0. The van der Waals surface area contributed by atoms with E-state index in [4.69, 9.17) is 0 Å². The molecule has 0 aliphatic carbocycles. The first-order valence-electron chi connectivity index (χ1n) is 5.37. The van der Waals surface area contributed by atoms with Gasteiger partial charge in [0.2, 0.25) is 0 Å². The maximum absolute atomic E-state index is 11.6. The lowest BCUT2D eigenvalue weighted by Crippen LogP contribution is -2.37. The topological polar surface area (TPSA) is 32.3 Å². The minimum absolute atomic E-state index is 0.0234. The van der Waals surface area contributed by atoms with Gasteiger partial charge in [-0.05, 0) is 24.1 Å². The van der Waals surface area contributed by atoms with Crippen molar-refractivity contribution in [1.82, 2.24) is 10.2 Å². The van der Waals surface area contributed by atoms with E-state index < -0.39 is 0 Å². The standard InChI is InChI=1S/C12H17BrN2O/c1-3-8-14-12(16)15(2)9-10-4-6-11(13)7-5-10/h4-7H,3,8-9H2,1-2H3,(H,14,16). The Morgan fingerprint density at radius 3 is 2.56 bits per heavy atom. The molecular formula is C12H17BrN2O. The van der Waals surface area contributed by atoms with Crippen LogP contribution in [0, 0.1) is 0 Å². The van der Waals surface area contributed by atoms with Crippen LogP contribution >= 0.6 is 15.9 Å². The average molecular weight is 285 g/mol. The summed E-state index contributed by atoms with van der Waals surface area (Å²) in [5.41, 5.74) is 1.12. The molecule has 88 valence electrons. The Hall–Kier alpha value is -1.03. The van der Waals surface area contributed by atoms with E-state index in [2.05, 4.69) is 21.2 Å². The summed E-state index contributed by atoms with van der Waals surface area (Å²) >= 11 is 3.38. The molecule has 0 saturated carbocycles. The summed E-state index contributed by atoms with van der Waals surface area (Å²) < 4.78 is 1.05. The molecule has 0 aliphatic rings. The van der Waals surface area contributed by atoms with Crippen LogP contribution in [0.15, 0.2) is 28.7 Å². The number of nitrogens with zero attached hydrogens (tertiary/aromatic N) is 1. The molecule has 1 N–H and O–H groups in total. The zero-order valence-corrected chi connectivity index (χ0v) is 11.3. The molecular weight excluding hydrogens is 268 g/mol. The number of amides is 2. The Kier molecular flexibility index (Phi) is 5.32. The normalized spacial score (nSPS) is 9.94. The van der Waals surface area contributed by atoms with Gasteiger partial charge in [-0.25, -0.2) is 4.79 Å². The highest BCUT2D eigenvalue weighted by molar-refractivity contribution is 9.10. The molecule has 0 spiro atoms. The van der Waals surface area contributed by atoms with E-state index in [-0.39, 0.29) is 6.03 Å². The second kappa shape index (κ2) is 6.53. The first kappa shape index (κ1) is 13.0. The molecule has 0 unspecified atom stereocenters. The van der Waals surface area contributed by atoms with Crippen molar-refractivity contribution in [1.29, 1.82) is 0 Å². The number of rotatable bonds is 4. The molecule has 0 atom stereocenters. The smallest absolute Gasteiger partial charge is 0.317 e. The van der Waals surface area contributed by atoms with Gasteiger partial charge in [-0.15, -0.1) is 0 Å². The van der Waals surface area contributed by atoms with Gasteiger partial charge in [-0.2, -0.15) is 0 Å². The lowest BCUT2D eigenvalue weighted by Gasteiger charge is -2.17. The second-order valence-electron chi connectivity index (χ2n) is 3.71. The highest BCUT2D eigenvalue weighted by atomic mass is 79.9. The Balaban J connectivity index is 2.47. The molecule has 4 heteroatoms. The third-order valence-electron chi connectivity index (χ3n) is 2.21. The van der Waals surface area contributed by atoms with Crippen molar-refractivity contribution in [2.45, 2.75) is 19.9 Å². The van der Waals surface area contributed by atoms with E-state index >= 15 is 0 Å². The predicted molar refractivity (Wildman–Crippen MR) is 69.3 cm³/mol. The van der Waals surface area contributed by atoms with Crippen LogP contribution in [-0.2, 0) is 6.54 Å². The molecule has 0 bridgehead atoms. The molecule has 3 nitrogen and oxygen atoms in total. The van der Waals surface area contributed by atoms with E-state index in [1.54, 1.807) is 11.9 Å². The van der Waals surface area contributed by atoms with Crippen molar-refractivity contribution < 1.29 is 4.79 Å². The van der Waals surface area contributed by atoms with Crippen molar-refractivity contribution in [2.24, 2.45) is 0 Å². The van der Waals surface area contributed by atoms with Gasteiger partial charge in [-0.3, -0.25) is 0 Å². The summed E-state index contributed by atoms with van der Waals surface area (Å²) in [6, 6.07) is 7.95. The molecule has 1 aromatic rings. The van der Waals surface area contributed by atoms with E-state index in [0.717, 1.165) is 23.0 Å². The van der Waals surface area contributed by atoms with E-state index in [9.17, 15) is 4.79 Å². The monoisotopic (exact) mass is 284 g/mol. The fraction of sp³-hybridized carbons (Fsp3) is 0.417. The average Bonchev–Trinajstić information content (AvgIpc) is 2.29. The second-order valence-corrected chi connectivity index (χ2v) is 4.63. The Morgan fingerprint density at radius 1 is 1.38 bits per heavy atom. The first-order valence-corrected chi connectivity index (χ1v) is 6.16. The first-order chi connectivity index (χ1) is 7.63. The van der Waals surface area contributed by atoms with Crippen molar-refractivity contribution in [2.75, 3.05) is 13.6 Å². The largest absolute Gasteiger partial charge is 0.338 e. The maximum atomic E-state index is 11.6. The Bertz CT molecular complexity index is 337. The van der Waals surface area contributed by atoms with Crippen LogP contribution in [0.1, 0.15) is 18.9 Å². The zero-order valence-electron chi connectivity index (χ0n) is 9.66. The highest BCUT2D eigenvalue weighted by Gasteiger charge is 2.07. The summed E-state index contributed by atoms with van der Waals surface area (Å²) in [6.45, 7) is 3.39. The number of nitrogens with one attached hydrogen (secondary N) is 1. The number of halogens is 1. The quantitative estimate of drug-likeness (QED) is 0.906. The van der Waals surface area contributed by atoms with E-state index in [1.165, 1.54) is 0 Å². The van der Waals surface area contributed by atoms with Crippen LogP contribution in [-0.4, -0.2) is 24.5 Å². The fourth-order valence-electron chi connectivity index (χ4n) is 1.30. The molecule has 1 rings (SSSR count). The minimum Gasteiger partial charge on any atom is -0.338 e. The van der Waals surface area contributed by atoms with Gasteiger partial charge in [0.1, 0.15) is 0 Å². The number of hydrogen-bond acceptors (Lipinski definition) is 1. The van der Waals surface area contributed by atoms with Gasteiger partial charge in [0.25, 0.3) is 0 Å². The zero-order chi connectivity index (χ0) is 12.0. The summed E-state index contributed by atoms with van der Waals surface area (Å²) in [5, 5.41) is 2.84. The minimum atomic E-state index is -0.0234. The van der Waals surface area contributed by atoms with Crippen LogP contribution < -0.4 is 5.32 Å².